The minimum atomic E-state index is -0.183. The van der Waals surface area contributed by atoms with Crippen molar-refractivity contribution >= 4 is 40.9 Å². The summed E-state index contributed by atoms with van der Waals surface area (Å²) in [6, 6.07) is 11.6. The summed E-state index contributed by atoms with van der Waals surface area (Å²) in [4.78, 5) is 12.8. The van der Waals surface area contributed by atoms with Crippen LogP contribution in [0.25, 0.3) is 6.08 Å². The van der Waals surface area contributed by atoms with Gasteiger partial charge >= 0.3 is 0 Å². The van der Waals surface area contributed by atoms with Crippen LogP contribution in [-0.4, -0.2) is 37.6 Å². The Labute approximate surface area is 206 Å². The zero-order valence-corrected chi connectivity index (χ0v) is 20.8. The van der Waals surface area contributed by atoms with Crippen molar-refractivity contribution in [2.75, 3.05) is 32.6 Å². The maximum Gasteiger partial charge on any atom is 0.255 e. The third-order valence-electron chi connectivity index (χ3n) is 7.47. The number of anilines is 1. The molecule has 1 amide bonds. The number of nitrogens with zero attached hydrogens (tertiary/aromatic N) is 1. The van der Waals surface area contributed by atoms with Gasteiger partial charge in [0.25, 0.3) is 5.91 Å². The predicted octanol–water partition coefficient (Wildman–Crippen LogP) is 6.42. The molecular formula is C27H31Cl2N2O2+. The van der Waals surface area contributed by atoms with Gasteiger partial charge in [-0.15, -0.1) is 0 Å². The summed E-state index contributed by atoms with van der Waals surface area (Å²) < 4.78 is 6.71. The molecule has 2 fully saturated rings. The molecule has 0 spiro atoms. The number of rotatable bonds is 6. The third kappa shape index (κ3) is 5.08. The van der Waals surface area contributed by atoms with Crippen molar-refractivity contribution in [2.24, 2.45) is 17.8 Å². The van der Waals surface area contributed by atoms with Crippen LogP contribution in [0.4, 0.5) is 5.69 Å². The van der Waals surface area contributed by atoms with E-state index < -0.39 is 0 Å². The summed E-state index contributed by atoms with van der Waals surface area (Å²) in [6.45, 7) is 2.43. The lowest BCUT2D eigenvalue weighted by atomic mass is 9.88. The number of carbonyl (C=O) groups excluding carboxylic acids is 1. The molecule has 2 bridgehead atoms. The second kappa shape index (κ2) is 8.98. The molecule has 0 saturated heterocycles. The standard InChI is InChI=1S/C27H30Cl2N2O2/c1-31(2,15-21-10-18-3-6-19(21)9-18)14-17-4-7-24(8-5-17)30-27(32)22-11-20-12-23(28)13-25(29)26(20)33-16-22/h4-5,7-8,11-13,18-19,21H,3,6,9-10,14-16H2,1-2H3/p+1. The summed E-state index contributed by atoms with van der Waals surface area (Å²) in [5, 5.41) is 3.94. The summed E-state index contributed by atoms with van der Waals surface area (Å²) in [7, 11) is 4.68. The number of fused-ring (bicyclic) bond motifs is 3. The van der Waals surface area contributed by atoms with Crippen molar-refractivity contribution < 1.29 is 14.0 Å². The Balaban J connectivity index is 1.20. The minimum Gasteiger partial charge on any atom is -0.486 e. The van der Waals surface area contributed by atoms with E-state index in [2.05, 4.69) is 31.5 Å². The lowest BCUT2D eigenvalue weighted by molar-refractivity contribution is -0.907. The number of hydrogen-bond donors (Lipinski definition) is 1. The highest BCUT2D eigenvalue weighted by molar-refractivity contribution is 6.36. The predicted molar refractivity (Wildman–Crippen MR) is 135 cm³/mol. The molecule has 3 unspecified atom stereocenters. The molecule has 3 aliphatic rings. The maximum absolute atomic E-state index is 12.8. The number of halogens is 2. The van der Waals surface area contributed by atoms with E-state index in [9.17, 15) is 4.79 Å². The van der Waals surface area contributed by atoms with Crippen LogP contribution in [0.5, 0.6) is 5.75 Å². The zero-order valence-electron chi connectivity index (χ0n) is 19.2. The van der Waals surface area contributed by atoms with Crippen LogP contribution >= 0.6 is 23.2 Å². The average molecular weight is 486 g/mol. The fourth-order valence-corrected chi connectivity index (χ4v) is 6.61. The second-order valence-corrected chi connectivity index (χ2v) is 11.5. The van der Waals surface area contributed by atoms with Gasteiger partial charge in [-0.05, 0) is 61.4 Å². The lowest BCUT2D eigenvalue weighted by Crippen LogP contribution is -2.43. The number of hydrogen-bond acceptors (Lipinski definition) is 2. The molecule has 2 aromatic rings. The Morgan fingerprint density at radius 2 is 1.91 bits per heavy atom. The van der Waals surface area contributed by atoms with Gasteiger partial charge in [-0.1, -0.05) is 41.8 Å². The minimum absolute atomic E-state index is 0.174. The summed E-state index contributed by atoms with van der Waals surface area (Å²) in [5.74, 6) is 3.22. The molecule has 4 nitrogen and oxygen atoms in total. The molecule has 5 rings (SSSR count). The Kier molecular flexibility index (Phi) is 6.19. The van der Waals surface area contributed by atoms with Gasteiger partial charge in [0, 0.05) is 27.8 Å². The molecule has 1 N–H and O–H groups in total. The normalized spacial score (nSPS) is 23.6. The Morgan fingerprint density at radius 3 is 2.61 bits per heavy atom. The van der Waals surface area contributed by atoms with E-state index in [1.165, 1.54) is 37.8 Å². The first kappa shape index (κ1) is 22.8. The van der Waals surface area contributed by atoms with Crippen LogP contribution < -0.4 is 10.1 Å². The van der Waals surface area contributed by atoms with Gasteiger partial charge < -0.3 is 14.5 Å². The van der Waals surface area contributed by atoms with Crippen molar-refractivity contribution in [1.29, 1.82) is 0 Å². The van der Waals surface area contributed by atoms with Gasteiger partial charge in [-0.3, -0.25) is 4.79 Å². The molecule has 2 aliphatic carbocycles. The SMILES string of the molecule is C[N+](C)(Cc1ccc(NC(=O)C2=Cc3cc(Cl)cc(Cl)c3OC2)cc1)CC1CC2CCC1C2. The first-order chi connectivity index (χ1) is 15.8. The molecule has 1 heterocycles. The van der Waals surface area contributed by atoms with Gasteiger partial charge in [0.15, 0.2) is 0 Å². The fourth-order valence-electron chi connectivity index (χ4n) is 6.05. The highest BCUT2D eigenvalue weighted by atomic mass is 35.5. The van der Waals surface area contributed by atoms with E-state index in [0.717, 1.165) is 40.0 Å². The maximum atomic E-state index is 12.8. The fraction of sp³-hybridized carbons (Fsp3) is 0.444. The lowest BCUT2D eigenvalue weighted by Gasteiger charge is -2.35. The number of benzene rings is 2. The Bertz CT molecular complexity index is 1090. The molecule has 33 heavy (non-hydrogen) atoms. The topological polar surface area (TPSA) is 38.3 Å². The number of carbonyl (C=O) groups is 1. The van der Waals surface area contributed by atoms with Crippen LogP contribution in [0.3, 0.4) is 0 Å². The Hall–Kier alpha value is -2.01. The largest absolute Gasteiger partial charge is 0.486 e. The first-order valence-electron chi connectivity index (χ1n) is 11.8. The average Bonchev–Trinajstić information content (AvgIpc) is 3.37. The van der Waals surface area contributed by atoms with E-state index in [-0.39, 0.29) is 12.5 Å². The molecule has 1 aliphatic heterocycles. The molecule has 3 atom stereocenters. The molecule has 2 saturated carbocycles. The quantitative estimate of drug-likeness (QED) is 0.479. The van der Waals surface area contributed by atoms with Gasteiger partial charge in [0.05, 0.1) is 31.2 Å². The Morgan fingerprint density at radius 1 is 1.12 bits per heavy atom. The van der Waals surface area contributed by atoms with Crippen molar-refractivity contribution in [3.8, 4) is 5.75 Å². The van der Waals surface area contributed by atoms with Crippen LogP contribution in [0.1, 0.15) is 36.8 Å². The molecule has 0 radical (unpaired) electrons. The smallest absolute Gasteiger partial charge is 0.255 e. The van der Waals surface area contributed by atoms with Crippen molar-refractivity contribution in [3.63, 3.8) is 0 Å². The van der Waals surface area contributed by atoms with E-state index in [0.29, 0.717) is 21.4 Å². The summed E-state index contributed by atoms with van der Waals surface area (Å²) in [6.07, 6.45) is 7.58. The highest BCUT2D eigenvalue weighted by Gasteiger charge is 2.42. The summed E-state index contributed by atoms with van der Waals surface area (Å²) in [5.41, 5.74) is 3.32. The molecular weight excluding hydrogens is 455 g/mol. The summed E-state index contributed by atoms with van der Waals surface area (Å²) >= 11 is 12.3. The first-order valence-corrected chi connectivity index (χ1v) is 12.6. The van der Waals surface area contributed by atoms with Crippen molar-refractivity contribution in [3.05, 3.63) is 63.1 Å². The van der Waals surface area contributed by atoms with E-state index in [1.54, 1.807) is 18.2 Å². The van der Waals surface area contributed by atoms with Gasteiger partial charge in [0.1, 0.15) is 18.9 Å². The van der Waals surface area contributed by atoms with Crippen LogP contribution in [-0.2, 0) is 11.3 Å². The number of ether oxygens (including phenoxy) is 1. The van der Waals surface area contributed by atoms with E-state index >= 15 is 0 Å². The van der Waals surface area contributed by atoms with E-state index in [1.807, 2.05) is 12.1 Å². The monoisotopic (exact) mass is 485 g/mol. The number of amides is 1. The van der Waals surface area contributed by atoms with Gasteiger partial charge in [-0.2, -0.15) is 0 Å². The second-order valence-electron chi connectivity index (χ2n) is 10.6. The van der Waals surface area contributed by atoms with Gasteiger partial charge in [-0.25, -0.2) is 0 Å². The van der Waals surface area contributed by atoms with E-state index in [4.69, 9.17) is 27.9 Å². The number of nitrogens with one attached hydrogen (secondary N) is 1. The van der Waals surface area contributed by atoms with Crippen LogP contribution in [0.15, 0.2) is 42.0 Å². The number of quaternary nitrogens is 1. The third-order valence-corrected chi connectivity index (χ3v) is 7.97. The van der Waals surface area contributed by atoms with Gasteiger partial charge in [0.2, 0.25) is 0 Å². The highest BCUT2D eigenvalue weighted by Crippen LogP contribution is 2.49. The molecule has 2 aromatic carbocycles. The van der Waals surface area contributed by atoms with Crippen LogP contribution in [0.2, 0.25) is 10.0 Å². The molecule has 6 heteroatoms. The zero-order chi connectivity index (χ0) is 23.2. The molecule has 174 valence electrons. The van der Waals surface area contributed by atoms with Crippen molar-refractivity contribution in [2.45, 2.75) is 32.2 Å². The molecule has 0 aromatic heterocycles. The van der Waals surface area contributed by atoms with Crippen molar-refractivity contribution in [1.82, 2.24) is 0 Å². The van der Waals surface area contributed by atoms with Crippen LogP contribution in [0, 0.1) is 17.8 Å².